The van der Waals surface area contributed by atoms with E-state index >= 15 is 0 Å². The number of pyridine rings is 1. The maximum Gasteiger partial charge on any atom is 0.258 e. The topological polar surface area (TPSA) is 79.4 Å². The van der Waals surface area contributed by atoms with E-state index in [2.05, 4.69) is 10.3 Å². The zero-order valence-electron chi connectivity index (χ0n) is 13.2. The molecule has 0 saturated heterocycles. The quantitative estimate of drug-likeness (QED) is 0.880. The third-order valence-electron chi connectivity index (χ3n) is 3.54. The molecule has 3 rings (SSSR count). The lowest BCUT2D eigenvalue weighted by Gasteiger charge is -2.14. The van der Waals surface area contributed by atoms with Gasteiger partial charge < -0.3 is 5.32 Å². The fraction of sp³-hybridized carbons (Fsp3) is 0.111. The molecule has 1 N–H and O–H groups in total. The van der Waals surface area contributed by atoms with Crippen molar-refractivity contribution >= 4 is 29.2 Å². The Labute approximate surface area is 138 Å². The molecule has 120 valence electrons. The molecule has 0 unspecified atom stereocenters. The van der Waals surface area contributed by atoms with Crippen LogP contribution in [0.4, 0.5) is 11.5 Å². The fourth-order valence-corrected chi connectivity index (χ4v) is 2.51. The van der Waals surface area contributed by atoms with Gasteiger partial charge in [0, 0.05) is 23.4 Å². The molecule has 0 spiro atoms. The van der Waals surface area contributed by atoms with Gasteiger partial charge in [-0.3, -0.25) is 14.4 Å². The number of aromatic nitrogens is 1. The van der Waals surface area contributed by atoms with Gasteiger partial charge in [0.15, 0.2) is 0 Å². The van der Waals surface area contributed by atoms with Gasteiger partial charge in [-0.25, -0.2) is 9.88 Å². The van der Waals surface area contributed by atoms with Crippen LogP contribution in [-0.4, -0.2) is 22.7 Å². The van der Waals surface area contributed by atoms with Crippen LogP contribution in [-0.2, 0) is 9.59 Å². The minimum absolute atomic E-state index is 0.309. The third-order valence-corrected chi connectivity index (χ3v) is 3.54. The monoisotopic (exact) mass is 321 g/mol. The minimum atomic E-state index is -0.392. The highest BCUT2D eigenvalue weighted by Gasteiger charge is 2.25. The number of carbonyl (C=O) groups excluding carboxylic acids is 3. The van der Waals surface area contributed by atoms with Crippen LogP contribution in [0, 0.1) is 13.8 Å². The molecule has 1 aromatic carbocycles. The third kappa shape index (κ3) is 3.08. The van der Waals surface area contributed by atoms with E-state index in [9.17, 15) is 14.4 Å². The Hall–Kier alpha value is -3.28. The summed E-state index contributed by atoms with van der Waals surface area (Å²) in [4.78, 5) is 40.9. The van der Waals surface area contributed by atoms with Crippen molar-refractivity contribution < 1.29 is 14.4 Å². The molecular weight excluding hydrogens is 306 g/mol. The first kappa shape index (κ1) is 15.6. The maximum atomic E-state index is 12.3. The van der Waals surface area contributed by atoms with Crippen molar-refractivity contribution in [2.24, 2.45) is 0 Å². The standard InChI is InChI=1S/C18H15N3O3/c1-11-9-12(2)19-15(10-11)20-18(24)13-3-5-14(6-4-13)21-16(22)7-8-17(21)23/h3-10H,1-2H3,(H,19,20,24). The van der Waals surface area contributed by atoms with Gasteiger partial charge in [-0.2, -0.15) is 0 Å². The predicted octanol–water partition coefficient (Wildman–Crippen LogP) is 2.38. The molecule has 6 nitrogen and oxygen atoms in total. The highest BCUT2D eigenvalue weighted by molar-refractivity contribution is 6.28. The average molecular weight is 321 g/mol. The van der Waals surface area contributed by atoms with Gasteiger partial charge in [-0.15, -0.1) is 0 Å². The Morgan fingerprint density at radius 2 is 1.62 bits per heavy atom. The van der Waals surface area contributed by atoms with Gasteiger partial charge in [0.05, 0.1) is 5.69 Å². The second kappa shape index (κ2) is 6.08. The Kier molecular flexibility index (Phi) is 3.95. The van der Waals surface area contributed by atoms with Crippen molar-refractivity contribution in [2.75, 3.05) is 10.2 Å². The number of anilines is 2. The zero-order chi connectivity index (χ0) is 17.3. The number of nitrogens with zero attached hydrogens (tertiary/aromatic N) is 2. The molecule has 6 heteroatoms. The van der Waals surface area contributed by atoms with Gasteiger partial charge in [0.25, 0.3) is 17.7 Å². The molecule has 1 aromatic heterocycles. The van der Waals surface area contributed by atoms with Crippen molar-refractivity contribution in [3.8, 4) is 0 Å². The number of hydrogen-bond donors (Lipinski definition) is 1. The summed E-state index contributed by atoms with van der Waals surface area (Å²) in [5, 5.41) is 2.74. The molecule has 1 aliphatic rings. The zero-order valence-corrected chi connectivity index (χ0v) is 13.2. The summed E-state index contributed by atoms with van der Waals surface area (Å²) in [5.41, 5.74) is 2.66. The number of aryl methyl sites for hydroxylation is 2. The van der Waals surface area contributed by atoms with Crippen LogP contribution >= 0.6 is 0 Å². The highest BCUT2D eigenvalue weighted by Crippen LogP contribution is 2.20. The number of amides is 3. The summed E-state index contributed by atoms with van der Waals surface area (Å²) in [7, 11) is 0. The van der Waals surface area contributed by atoms with Crippen LogP contribution < -0.4 is 10.2 Å². The molecule has 1 aliphatic heterocycles. The fourth-order valence-electron chi connectivity index (χ4n) is 2.51. The van der Waals surface area contributed by atoms with Crippen molar-refractivity contribution in [1.29, 1.82) is 0 Å². The molecule has 0 bridgehead atoms. The Morgan fingerprint density at radius 1 is 1.00 bits per heavy atom. The molecule has 0 aliphatic carbocycles. The number of nitrogens with one attached hydrogen (secondary N) is 1. The predicted molar refractivity (Wildman–Crippen MR) is 89.7 cm³/mol. The summed E-state index contributed by atoms with van der Waals surface area (Å²) in [5.74, 6) is -0.611. The smallest absolute Gasteiger partial charge is 0.258 e. The van der Waals surface area contributed by atoms with Crippen molar-refractivity contribution in [3.05, 3.63) is 65.4 Å². The lowest BCUT2D eigenvalue weighted by atomic mass is 10.1. The first-order valence-corrected chi connectivity index (χ1v) is 7.37. The molecule has 0 atom stereocenters. The first-order chi connectivity index (χ1) is 11.4. The van der Waals surface area contributed by atoms with E-state index in [0.717, 1.165) is 16.2 Å². The Bertz CT molecular complexity index is 831. The number of benzene rings is 1. The summed E-state index contributed by atoms with van der Waals surface area (Å²) in [6, 6.07) is 9.95. The molecule has 0 fully saturated rings. The number of hydrogen-bond acceptors (Lipinski definition) is 4. The van der Waals surface area contributed by atoms with E-state index < -0.39 is 11.8 Å². The van der Waals surface area contributed by atoms with E-state index in [4.69, 9.17) is 0 Å². The normalized spacial score (nSPS) is 13.5. The van der Waals surface area contributed by atoms with Gasteiger partial charge in [-0.1, -0.05) is 0 Å². The van der Waals surface area contributed by atoms with E-state index in [1.165, 1.54) is 12.2 Å². The van der Waals surface area contributed by atoms with Gasteiger partial charge >= 0.3 is 0 Å². The van der Waals surface area contributed by atoms with Crippen LogP contribution in [0.5, 0.6) is 0 Å². The van der Waals surface area contributed by atoms with E-state index in [-0.39, 0.29) is 5.91 Å². The van der Waals surface area contributed by atoms with E-state index in [1.54, 1.807) is 30.3 Å². The second-order valence-electron chi connectivity index (χ2n) is 5.52. The molecule has 2 aromatic rings. The molecule has 0 saturated carbocycles. The van der Waals surface area contributed by atoms with E-state index in [0.29, 0.717) is 17.1 Å². The number of carbonyl (C=O) groups is 3. The van der Waals surface area contributed by atoms with Crippen LogP contribution in [0.3, 0.4) is 0 Å². The molecule has 2 heterocycles. The van der Waals surface area contributed by atoms with Crippen LogP contribution in [0.1, 0.15) is 21.6 Å². The van der Waals surface area contributed by atoms with Crippen molar-refractivity contribution in [3.63, 3.8) is 0 Å². The summed E-state index contributed by atoms with van der Waals surface area (Å²) in [6.45, 7) is 3.78. The van der Waals surface area contributed by atoms with Crippen molar-refractivity contribution in [2.45, 2.75) is 13.8 Å². The first-order valence-electron chi connectivity index (χ1n) is 7.37. The molecule has 3 amide bonds. The molecule has 0 radical (unpaired) electrons. The summed E-state index contributed by atoms with van der Waals surface area (Å²) < 4.78 is 0. The number of imide groups is 1. The van der Waals surface area contributed by atoms with Crippen LogP contribution in [0.15, 0.2) is 48.6 Å². The second-order valence-corrected chi connectivity index (χ2v) is 5.52. The van der Waals surface area contributed by atoms with Gasteiger partial charge in [0.2, 0.25) is 0 Å². The Balaban J connectivity index is 1.77. The van der Waals surface area contributed by atoms with Crippen molar-refractivity contribution in [1.82, 2.24) is 4.98 Å². The average Bonchev–Trinajstić information content (AvgIpc) is 2.85. The largest absolute Gasteiger partial charge is 0.307 e. The van der Waals surface area contributed by atoms with Gasteiger partial charge in [-0.05, 0) is 55.8 Å². The SMILES string of the molecule is Cc1cc(C)nc(NC(=O)c2ccc(N3C(=O)C=CC3=O)cc2)c1. The lowest BCUT2D eigenvalue weighted by molar-refractivity contribution is -0.119. The summed E-state index contributed by atoms with van der Waals surface area (Å²) >= 11 is 0. The Morgan fingerprint density at radius 3 is 2.21 bits per heavy atom. The minimum Gasteiger partial charge on any atom is -0.307 e. The molecule has 24 heavy (non-hydrogen) atoms. The van der Waals surface area contributed by atoms with Gasteiger partial charge in [0.1, 0.15) is 5.82 Å². The lowest BCUT2D eigenvalue weighted by Crippen LogP contribution is -2.29. The van der Waals surface area contributed by atoms with Crippen LogP contribution in [0.2, 0.25) is 0 Å². The van der Waals surface area contributed by atoms with Crippen LogP contribution in [0.25, 0.3) is 0 Å². The highest BCUT2D eigenvalue weighted by atomic mass is 16.2. The maximum absolute atomic E-state index is 12.3. The molecular formula is C18H15N3O3. The summed E-state index contributed by atoms with van der Waals surface area (Å²) in [6.07, 6.45) is 2.43. The van der Waals surface area contributed by atoms with E-state index in [1.807, 2.05) is 19.9 Å². The number of rotatable bonds is 3.